The van der Waals surface area contributed by atoms with Crippen LogP contribution in [0.3, 0.4) is 0 Å². The molecule has 0 aliphatic heterocycles. The predicted molar refractivity (Wildman–Crippen MR) is 53.4 cm³/mol. The van der Waals surface area contributed by atoms with Gasteiger partial charge in [-0.15, -0.1) is 0 Å². The molecule has 0 saturated carbocycles. The van der Waals surface area contributed by atoms with Crippen LogP contribution in [0.1, 0.15) is 12.0 Å². The average Bonchev–Trinajstić information content (AvgIpc) is 2.14. The summed E-state index contributed by atoms with van der Waals surface area (Å²) in [5.41, 5.74) is 0.550. The second-order valence-corrected chi connectivity index (χ2v) is 3.17. The van der Waals surface area contributed by atoms with Gasteiger partial charge in [0.1, 0.15) is 11.5 Å². The number of hydrogen-bond donors (Lipinski definition) is 0. The first-order valence-electron chi connectivity index (χ1n) is 4.84. The maximum absolute atomic E-state index is 12.0. The predicted octanol–water partition coefficient (Wildman–Crippen LogP) is 3.66. The van der Waals surface area contributed by atoms with Crippen LogP contribution in [-0.4, -0.2) is 13.2 Å². The zero-order chi connectivity index (χ0) is 12.8. The molecule has 0 N–H and O–H groups in total. The first-order valence-corrected chi connectivity index (χ1v) is 4.84. The van der Waals surface area contributed by atoms with Crippen molar-refractivity contribution < 1.29 is 27.0 Å². The van der Waals surface area contributed by atoms with Crippen molar-refractivity contribution in [2.24, 2.45) is 0 Å². The summed E-state index contributed by atoms with van der Waals surface area (Å²) in [5.74, 6) is -0.414. The van der Waals surface area contributed by atoms with Gasteiger partial charge in [0.2, 0.25) is 0 Å². The minimum absolute atomic E-state index is 0.207. The summed E-state index contributed by atoms with van der Waals surface area (Å²) in [6.45, 7) is -2.44. The molecule has 1 radical (unpaired) electrons. The van der Waals surface area contributed by atoms with E-state index in [1.54, 1.807) is 0 Å². The summed E-state index contributed by atoms with van der Waals surface area (Å²) in [5, 5.41) is 0. The van der Waals surface area contributed by atoms with Gasteiger partial charge in [0, 0.05) is 6.07 Å². The first kappa shape index (κ1) is 13.6. The van der Waals surface area contributed by atoms with E-state index in [0.29, 0.717) is 18.4 Å². The quantitative estimate of drug-likeness (QED) is 0.718. The minimum atomic E-state index is -3.01. The molecule has 2 nitrogen and oxygen atoms in total. The first-order chi connectivity index (χ1) is 8.01. The molecule has 0 aromatic heterocycles. The highest BCUT2D eigenvalue weighted by molar-refractivity contribution is 5.38. The third-order valence-corrected chi connectivity index (χ3v) is 1.86. The lowest BCUT2D eigenvalue weighted by Gasteiger charge is -2.10. The largest absolute Gasteiger partial charge is 0.435 e. The molecule has 95 valence electrons. The Morgan fingerprint density at radius 1 is 0.941 bits per heavy atom. The second-order valence-electron chi connectivity index (χ2n) is 3.17. The molecule has 6 heteroatoms. The molecule has 17 heavy (non-hydrogen) atoms. The molecule has 0 saturated heterocycles. The fourth-order valence-corrected chi connectivity index (χ4v) is 1.32. The maximum atomic E-state index is 12.0. The van der Waals surface area contributed by atoms with Crippen molar-refractivity contribution in [3.63, 3.8) is 0 Å². The number of hydrogen-bond acceptors (Lipinski definition) is 2. The lowest BCUT2D eigenvalue weighted by atomic mass is 10.1. The molecule has 0 bridgehead atoms. The number of benzene rings is 1. The lowest BCUT2D eigenvalue weighted by molar-refractivity contribution is -0.0543. The van der Waals surface area contributed by atoms with Crippen molar-refractivity contribution >= 4 is 0 Å². The maximum Gasteiger partial charge on any atom is 0.387 e. The lowest BCUT2D eigenvalue weighted by Crippen LogP contribution is -2.05. The zero-order valence-electron chi connectivity index (χ0n) is 8.84. The molecule has 0 atom stereocenters. The van der Waals surface area contributed by atoms with Crippen LogP contribution in [0.15, 0.2) is 18.2 Å². The van der Waals surface area contributed by atoms with Crippen molar-refractivity contribution in [1.82, 2.24) is 0 Å². The molecule has 1 rings (SSSR count). The van der Waals surface area contributed by atoms with E-state index in [1.807, 2.05) is 0 Å². The van der Waals surface area contributed by atoms with Gasteiger partial charge in [-0.05, 0) is 30.5 Å². The Bertz CT molecular complexity index is 327. The Kier molecular flexibility index (Phi) is 5.06. The van der Waals surface area contributed by atoms with Gasteiger partial charge in [0.05, 0.1) is 0 Å². The molecule has 0 unspecified atom stereocenters. The van der Waals surface area contributed by atoms with Crippen molar-refractivity contribution in [1.29, 1.82) is 0 Å². The van der Waals surface area contributed by atoms with E-state index in [2.05, 4.69) is 16.4 Å². The van der Waals surface area contributed by atoms with Crippen LogP contribution >= 0.6 is 0 Å². The topological polar surface area (TPSA) is 18.5 Å². The molecule has 1 aromatic carbocycles. The van der Waals surface area contributed by atoms with E-state index in [1.165, 1.54) is 12.1 Å². The highest BCUT2D eigenvalue weighted by Crippen LogP contribution is 2.26. The van der Waals surface area contributed by atoms with Crippen LogP contribution in [0.5, 0.6) is 11.5 Å². The monoisotopic (exact) mass is 251 g/mol. The van der Waals surface area contributed by atoms with E-state index in [-0.39, 0.29) is 11.5 Å². The SMILES string of the molecule is [CH2]CCc1cc(OC(F)F)cc(OC(F)F)c1. The van der Waals surface area contributed by atoms with Gasteiger partial charge in [-0.3, -0.25) is 0 Å². The van der Waals surface area contributed by atoms with Gasteiger partial charge in [0.25, 0.3) is 0 Å². The number of ether oxygens (including phenoxy) is 2. The van der Waals surface area contributed by atoms with E-state index >= 15 is 0 Å². The average molecular weight is 251 g/mol. The van der Waals surface area contributed by atoms with Gasteiger partial charge < -0.3 is 9.47 Å². The third-order valence-electron chi connectivity index (χ3n) is 1.86. The molecule has 0 heterocycles. The van der Waals surface area contributed by atoms with Crippen molar-refractivity contribution in [2.45, 2.75) is 26.1 Å². The van der Waals surface area contributed by atoms with Crippen LogP contribution in [0, 0.1) is 6.92 Å². The van der Waals surface area contributed by atoms with Gasteiger partial charge >= 0.3 is 13.2 Å². The normalized spacial score (nSPS) is 11.0. The van der Waals surface area contributed by atoms with Crippen LogP contribution in [0.4, 0.5) is 17.6 Å². The fraction of sp³-hybridized carbons (Fsp3) is 0.364. The minimum Gasteiger partial charge on any atom is -0.435 e. The Morgan fingerprint density at radius 3 is 1.76 bits per heavy atom. The molecule has 0 aliphatic carbocycles. The third kappa shape index (κ3) is 4.93. The summed E-state index contributed by atoms with van der Waals surface area (Å²) < 4.78 is 56.3. The zero-order valence-corrected chi connectivity index (χ0v) is 8.84. The van der Waals surface area contributed by atoms with Crippen molar-refractivity contribution in [3.8, 4) is 11.5 Å². The van der Waals surface area contributed by atoms with Crippen LogP contribution in [-0.2, 0) is 6.42 Å². The smallest absolute Gasteiger partial charge is 0.387 e. The van der Waals surface area contributed by atoms with Gasteiger partial charge in [0.15, 0.2) is 0 Å². The summed E-state index contributed by atoms with van der Waals surface area (Å²) >= 11 is 0. The fourth-order valence-electron chi connectivity index (χ4n) is 1.32. The van der Waals surface area contributed by atoms with Crippen LogP contribution in [0.25, 0.3) is 0 Å². The molecule has 0 spiro atoms. The van der Waals surface area contributed by atoms with Gasteiger partial charge in [-0.1, -0.05) is 6.92 Å². The molecular formula is C11H11F4O2. The Balaban J connectivity index is 2.91. The summed E-state index contributed by atoms with van der Waals surface area (Å²) in [6.07, 6.45) is 0.965. The Labute approximate surface area is 96.1 Å². The molecule has 0 fully saturated rings. The summed E-state index contributed by atoms with van der Waals surface area (Å²) in [4.78, 5) is 0. The van der Waals surface area contributed by atoms with E-state index in [4.69, 9.17) is 0 Å². The van der Waals surface area contributed by atoms with Crippen molar-refractivity contribution in [3.05, 3.63) is 30.7 Å². The van der Waals surface area contributed by atoms with Crippen LogP contribution in [0.2, 0.25) is 0 Å². The van der Waals surface area contributed by atoms with Crippen LogP contribution < -0.4 is 9.47 Å². The standard InChI is InChI=1S/C11H11F4O2/c1-2-3-7-4-8(16-10(12)13)6-9(5-7)17-11(14)15/h4-6,10-11H,1-3H2. The Morgan fingerprint density at radius 2 is 1.41 bits per heavy atom. The summed E-state index contributed by atoms with van der Waals surface area (Å²) in [7, 11) is 0. The van der Waals surface area contributed by atoms with E-state index in [0.717, 1.165) is 6.07 Å². The molecule has 1 aromatic rings. The summed E-state index contributed by atoms with van der Waals surface area (Å²) in [6, 6.07) is 3.68. The number of rotatable bonds is 6. The molecule has 0 aliphatic rings. The Hall–Kier alpha value is -1.46. The number of alkyl halides is 4. The second kappa shape index (κ2) is 6.32. The number of halogens is 4. The highest BCUT2D eigenvalue weighted by Gasteiger charge is 2.10. The van der Waals surface area contributed by atoms with Crippen molar-refractivity contribution in [2.75, 3.05) is 0 Å². The highest BCUT2D eigenvalue weighted by atomic mass is 19.3. The van der Waals surface area contributed by atoms with E-state index < -0.39 is 13.2 Å². The van der Waals surface area contributed by atoms with Gasteiger partial charge in [-0.2, -0.15) is 17.6 Å². The van der Waals surface area contributed by atoms with Gasteiger partial charge in [-0.25, -0.2) is 0 Å². The molecule has 0 amide bonds. The molecular weight excluding hydrogens is 240 g/mol. The number of aryl methyl sites for hydroxylation is 1. The van der Waals surface area contributed by atoms with E-state index in [9.17, 15) is 17.6 Å².